The van der Waals surface area contributed by atoms with E-state index < -0.39 is 6.04 Å². The molecule has 2 aliphatic heterocycles. The number of aromatic amines is 1. The van der Waals surface area contributed by atoms with Crippen molar-refractivity contribution in [1.82, 2.24) is 9.88 Å². The molecule has 8 heteroatoms. The molecule has 2 saturated heterocycles. The summed E-state index contributed by atoms with van der Waals surface area (Å²) in [5.74, 6) is -0.418. The molecule has 3 aromatic rings. The summed E-state index contributed by atoms with van der Waals surface area (Å²) in [5.41, 5.74) is 2.33. The van der Waals surface area contributed by atoms with E-state index in [4.69, 9.17) is 17.0 Å². The number of para-hydroxylation sites is 1. The highest BCUT2D eigenvalue weighted by Gasteiger charge is 2.45. The number of nitrogens with zero attached hydrogens (tertiary/aromatic N) is 2. The standard InChI is InChI=1S/C24H24N4O3S/c29-22(26-17-9-8-16-10-11-25-20(16)13-17)14-21-23(30)28(18-5-2-1-3-6-18)24(32)27(21)15-19-7-4-12-31-19/h1-3,5-6,8-11,13,19,21,25H,4,7,12,14-15H2,(H,26,29). The summed E-state index contributed by atoms with van der Waals surface area (Å²) >= 11 is 5.70. The molecule has 2 N–H and O–H groups in total. The van der Waals surface area contributed by atoms with Gasteiger partial charge in [-0.3, -0.25) is 14.5 Å². The number of hydrogen-bond acceptors (Lipinski definition) is 4. The summed E-state index contributed by atoms with van der Waals surface area (Å²) in [6.45, 7) is 1.22. The summed E-state index contributed by atoms with van der Waals surface area (Å²) in [4.78, 5) is 32.9. The molecule has 2 atom stereocenters. The Hall–Kier alpha value is -3.23. The third-order valence-corrected chi connectivity index (χ3v) is 6.39. The lowest BCUT2D eigenvalue weighted by Gasteiger charge is -2.26. The highest BCUT2D eigenvalue weighted by atomic mass is 32.1. The molecule has 3 heterocycles. The fourth-order valence-corrected chi connectivity index (χ4v) is 4.77. The molecule has 0 spiro atoms. The first kappa shape index (κ1) is 20.7. The summed E-state index contributed by atoms with van der Waals surface area (Å²) in [6.07, 6.45) is 3.80. The number of fused-ring (bicyclic) bond motifs is 1. The van der Waals surface area contributed by atoms with Crippen LogP contribution in [0.5, 0.6) is 0 Å². The van der Waals surface area contributed by atoms with E-state index in [0.717, 1.165) is 23.7 Å². The molecule has 7 nitrogen and oxygen atoms in total. The summed E-state index contributed by atoms with van der Waals surface area (Å²) < 4.78 is 5.79. The second-order valence-corrected chi connectivity index (χ2v) is 8.49. The van der Waals surface area contributed by atoms with Crippen LogP contribution in [0.2, 0.25) is 0 Å². The van der Waals surface area contributed by atoms with Gasteiger partial charge in [0.05, 0.1) is 18.2 Å². The Morgan fingerprint density at radius 1 is 1.19 bits per heavy atom. The van der Waals surface area contributed by atoms with Crippen molar-refractivity contribution in [3.63, 3.8) is 0 Å². The average molecular weight is 449 g/mol. The minimum absolute atomic E-state index is 0.0114. The van der Waals surface area contributed by atoms with Gasteiger partial charge in [0.15, 0.2) is 5.11 Å². The average Bonchev–Trinajstić information content (AvgIpc) is 3.52. The zero-order valence-electron chi connectivity index (χ0n) is 17.5. The number of benzene rings is 2. The molecule has 164 valence electrons. The number of carbonyl (C=O) groups is 2. The van der Waals surface area contributed by atoms with Gasteiger partial charge in [-0.25, -0.2) is 0 Å². The van der Waals surface area contributed by atoms with Crippen LogP contribution < -0.4 is 10.2 Å². The number of amides is 2. The third-order valence-electron chi connectivity index (χ3n) is 5.97. The van der Waals surface area contributed by atoms with Crippen LogP contribution in [0.15, 0.2) is 60.8 Å². The SMILES string of the molecule is O=C(CC1C(=O)N(c2ccccc2)C(=S)N1CC1CCCO1)Nc1ccc2cc[nH]c2c1. The van der Waals surface area contributed by atoms with E-state index in [2.05, 4.69) is 10.3 Å². The van der Waals surface area contributed by atoms with Gasteiger partial charge in [0.2, 0.25) is 5.91 Å². The van der Waals surface area contributed by atoms with Gasteiger partial charge < -0.3 is 19.9 Å². The van der Waals surface area contributed by atoms with E-state index in [-0.39, 0.29) is 24.3 Å². The maximum absolute atomic E-state index is 13.4. The predicted molar refractivity (Wildman–Crippen MR) is 128 cm³/mol. The fraction of sp³-hybridized carbons (Fsp3) is 0.292. The summed E-state index contributed by atoms with van der Waals surface area (Å²) in [5, 5.41) is 4.41. The van der Waals surface area contributed by atoms with E-state index in [0.29, 0.717) is 29.6 Å². The number of anilines is 2. The lowest BCUT2D eigenvalue weighted by molar-refractivity contribution is -0.124. The van der Waals surface area contributed by atoms with Crippen LogP contribution >= 0.6 is 12.2 Å². The van der Waals surface area contributed by atoms with Crippen molar-refractivity contribution in [2.75, 3.05) is 23.4 Å². The largest absolute Gasteiger partial charge is 0.376 e. The number of nitrogens with one attached hydrogen (secondary N) is 2. The van der Waals surface area contributed by atoms with Gasteiger partial charge in [-0.1, -0.05) is 24.3 Å². The summed E-state index contributed by atoms with van der Waals surface area (Å²) in [7, 11) is 0. The van der Waals surface area contributed by atoms with Gasteiger partial charge in [0.25, 0.3) is 5.91 Å². The molecule has 32 heavy (non-hydrogen) atoms. The number of hydrogen-bond donors (Lipinski definition) is 2. The first-order chi connectivity index (χ1) is 15.6. The molecular formula is C24H24N4O3S. The van der Waals surface area contributed by atoms with Crippen molar-refractivity contribution in [1.29, 1.82) is 0 Å². The number of ether oxygens (including phenoxy) is 1. The van der Waals surface area contributed by atoms with E-state index in [9.17, 15) is 9.59 Å². The number of thiocarbonyl (C=S) groups is 1. The second-order valence-electron chi connectivity index (χ2n) is 8.13. The lowest BCUT2D eigenvalue weighted by atomic mass is 10.1. The molecule has 2 aromatic carbocycles. The van der Waals surface area contributed by atoms with Crippen LogP contribution in [0, 0.1) is 0 Å². The monoisotopic (exact) mass is 448 g/mol. The Morgan fingerprint density at radius 3 is 2.81 bits per heavy atom. The lowest BCUT2D eigenvalue weighted by Crippen LogP contribution is -2.42. The number of H-pyrrole nitrogens is 1. The highest BCUT2D eigenvalue weighted by molar-refractivity contribution is 7.80. The molecule has 1 aromatic heterocycles. The van der Waals surface area contributed by atoms with Gasteiger partial charge >= 0.3 is 0 Å². The third kappa shape index (κ3) is 3.99. The van der Waals surface area contributed by atoms with Crippen LogP contribution in [0.1, 0.15) is 19.3 Å². The van der Waals surface area contributed by atoms with Crippen molar-refractivity contribution >= 4 is 51.4 Å². The minimum atomic E-state index is -0.666. The van der Waals surface area contributed by atoms with Crippen LogP contribution in [0.25, 0.3) is 10.9 Å². The quantitative estimate of drug-likeness (QED) is 0.563. The molecule has 2 unspecified atom stereocenters. The number of rotatable bonds is 6. The fourth-order valence-electron chi connectivity index (χ4n) is 4.38. The molecule has 2 fully saturated rings. The Bertz CT molecular complexity index is 1160. The van der Waals surface area contributed by atoms with Crippen LogP contribution in [0.4, 0.5) is 11.4 Å². The molecule has 0 radical (unpaired) electrons. The van der Waals surface area contributed by atoms with Crippen molar-refractivity contribution in [3.8, 4) is 0 Å². The van der Waals surface area contributed by atoms with E-state index >= 15 is 0 Å². The van der Waals surface area contributed by atoms with E-state index in [1.165, 1.54) is 4.90 Å². The molecule has 2 amide bonds. The molecular weight excluding hydrogens is 424 g/mol. The topological polar surface area (TPSA) is 77.7 Å². The summed E-state index contributed by atoms with van der Waals surface area (Å²) in [6, 6.07) is 16.3. The second kappa shape index (κ2) is 8.72. The van der Waals surface area contributed by atoms with Crippen molar-refractivity contribution in [3.05, 3.63) is 60.8 Å². The van der Waals surface area contributed by atoms with Gasteiger partial charge in [-0.2, -0.15) is 0 Å². The number of aromatic nitrogens is 1. The minimum Gasteiger partial charge on any atom is -0.376 e. The van der Waals surface area contributed by atoms with Crippen molar-refractivity contribution in [2.45, 2.75) is 31.4 Å². The van der Waals surface area contributed by atoms with Gasteiger partial charge in [0.1, 0.15) is 6.04 Å². The van der Waals surface area contributed by atoms with Gasteiger partial charge in [-0.15, -0.1) is 0 Å². The van der Waals surface area contributed by atoms with Crippen LogP contribution in [-0.4, -0.2) is 52.1 Å². The predicted octanol–water partition coefficient (Wildman–Crippen LogP) is 3.68. The highest BCUT2D eigenvalue weighted by Crippen LogP contribution is 2.29. The van der Waals surface area contributed by atoms with Gasteiger partial charge in [-0.05, 0) is 60.8 Å². The molecule has 0 bridgehead atoms. The molecule has 0 aliphatic carbocycles. The van der Waals surface area contributed by atoms with E-state index in [1.807, 2.05) is 65.7 Å². The maximum Gasteiger partial charge on any atom is 0.256 e. The Morgan fingerprint density at radius 2 is 2.03 bits per heavy atom. The first-order valence-corrected chi connectivity index (χ1v) is 11.2. The van der Waals surface area contributed by atoms with Gasteiger partial charge in [0, 0.05) is 30.6 Å². The van der Waals surface area contributed by atoms with Crippen LogP contribution in [0.3, 0.4) is 0 Å². The molecule has 2 aliphatic rings. The smallest absolute Gasteiger partial charge is 0.256 e. The zero-order chi connectivity index (χ0) is 22.1. The van der Waals surface area contributed by atoms with Crippen molar-refractivity contribution < 1.29 is 14.3 Å². The Kier molecular flexibility index (Phi) is 5.63. The maximum atomic E-state index is 13.4. The first-order valence-electron chi connectivity index (χ1n) is 10.8. The zero-order valence-corrected chi connectivity index (χ0v) is 18.3. The van der Waals surface area contributed by atoms with Crippen molar-refractivity contribution in [2.24, 2.45) is 0 Å². The number of carbonyl (C=O) groups excluding carboxylic acids is 2. The van der Waals surface area contributed by atoms with E-state index in [1.54, 1.807) is 0 Å². The normalized spacial score (nSPS) is 21.0. The van der Waals surface area contributed by atoms with Crippen LogP contribution in [-0.2, 0) is 14.3 Å². The molecule has 5 rings (SSSR count). The Balaban J connectivity index is 1.36. The Labute approximate surface area is 191 Å². The molecule has 0 saturated carbocycles.